The van der Waals surface area contributed by atoms with Crippen molar-refractivity contribution in [2.45, 2.75) is 76.9 Å². The molecule has 4 rings (SSSR count). The third-order valence-electron chi connectivity index (χ3n) is 8.84. The first-order valence-corrected chi connectivity index (χ1v) is 9.36. The van der Waals surface area contributed by atoms with Gasteiger partial charge in [0.25, 0.3) is 0 Å². The number of aliphatic hydroxyl groups is 3. The Kier molecular flexibility index (Phi) is 3.30. The Morgan fingerprint density at radius 3 is 2.32 bits per heavy atom. The highest BCUT2D eigenvalue weighted by Gasteiger charge is 2.64. The zero-order valence-corrected chi connectivity index (χ0v) is 14.1. The first kappa shape index (κ1) is 15.4. The summed E-state index contributed by atoms with van der Waals surface area (Å²) in [6.07, 6.45) is 8.44. The Morgan fingerprint density at radius 2 is 1.59 bits per heavy atom. The van der Waals surface area contributed by atoms with Crippen LogP contribution in [0.25, 0.3) is 0 Å². The SMILES string of the molecule is C[C@]12CC[C@H]3[C@@H](CC[C@H]4[C@@](O)(CO)CC[C@]34C)[C@@H]1CC[C@@H]2O. The van der Waals surface area contributed by atoms with Crippen molar-refractivity contribution >= 4 is 0 Å². The van der Waals surface area contributed by atoms with Gasteiger partial charge in [-0.05, 0) is 85.9 Å². The molecule has 4 aliphatic carbocycles. The average molecular weight is 308 g/mol. The van der Waals surface area contributed by atoms with E-state index in [1.54, 1.807) is 0 Å². The van der Waals surface area contributed by atoms with E-state index >= 15 is 0 Å². The molecule has 4 fully saturated rings. The fraction of sp³-hybridized carbons (Fsp3) is 1.00. The molecule has 4 aliphatic rings. The molecule has 3 nitrogen and oxygen atoms in total. The molecule has 0 aromatic carbocycles. The molecule has 0 spiro atoms. The highest BCUT2D eigenvalue weighted by Crippen LogP contribution is 2.68. The molecule has 126 valence electrons. The van der Waals surface area contributed by atoms with E-state index in [1.807, 2.05) is 0 Å². The minimum Gasteiger partial charge on any atom is -0.393 e. The largest absolute Gasteiger partial charge is 0.393 e. The molecule has 0 saturated heterocycles. The van der Waals surface area contributed by atoms with Crippen LogP contribution in [0.4, 0.5) is 0 Å². The van der Waals surface area contributed by atoms with E-state index < -0.39 is 5.60 Å². The minimum atomic E-state index is -0.838. The summed E-state index contributed by atoms with van der Waals surface area (Å²) in [5.41, 5.74) is -0.513. The molecule has 0 aromatic rings. The molecule has 0 aromatic heterocycles. The summed E-state index contributed by atoms with van der Waals surface area (Å²) in [5, 5.41) is 31.0. The normalized spacial score (nSPS) is 60.7. The molecule has 0 bridgehead atoms. The zero-order valence-electron chi connectivity index (χ0n) is 14.1. The van der Waals surface area contributed by atoms with Crippen LogP contribution < -0.4 is 0 Å². The zero-order chi connectivity index (χ0) is 15.8. The van der Waals surface area contributed by atoms with Crippen molar-refractivity contribution in [3.8, 4) is 0 Å². The monoisotopic (exact) mass is 308 g/mol. The van der Waals surface area contributed by atoms with Gasteiger partial charge in [0, 0.05) is 0 Å². The van der Waals surface area contributed by atoms with Crippen molar-refractivity contribution in [3.63, 3.8) is 0 Å². The summed E-state index contributed by atoms with van der Waals surface area (Å²) in [5.74, 6) is 2.33. The van der Waals surface area contributed by atoms with E-state index in [1.165, 1.54) is 19.3 Å². The number of hydrogen-bond acceptors (Lipinski definition) is 3. The van der Waals surface area contributed by atoms with Crippen LogP contribution in [-0.2, 0) is 0 Å². The lowest BCUT2D eigenvalue weighted by molar-refractivity contribution is -0.139. The minimum absolute atomic E-state index is 0.0789. The fourth-order valence-corrected chi connectivity index (χ4v) is 7.52. The molecular weight excluding hydrogens is 276 g/mol. The summed E-state index contributed by atoms with van der Waals surface area (Å²) >= 11 is 0. The highest BCUT2D eigenvalue weighted by molar-refractivity contribution is 5.13. The predicted molar refractivity (Wildman–Crippen MR) is 85.2 cm³/mol. The first-order chi connectivity index (χ1) is 10.3. The lowest BCUT2D eigenvalue weighted by Gasteiger charge is -2.58. The number of hydrogen-bond donors (Lipinski definition) is 3. The van der Waals surface area contributed by atoms with Gasteiger partial charge in [-0.2, -0.15) is 0 Å². The van der Waals surface area contributed by atoms with Crippen LogP contribution in [0.1, 0.15) is 65.2 Å². The molecule has 3 heteroatoms. The molecule has 0 amide bonds. The Balaban J connectivity index is 1.65. The van der Waals surface area contributed by atoms with Crippen molar-refractivity contribution in [2.75, 3.05) is 6.61 Å². The second-order valence-electron chi connectivity index (χ2n) is 9.41. The number of aliphatic hydroxyl groups excluding tert-OH is 2. The van der Waals surface area contributed by atoms with Gasteiger partial charge < -0.3 is 15.3 Å². The summed E-state index contributed by atoms with van der Waals surface area (Å²) in [4.78, 5) is 0. The van der Waals surface area contributed by atoms with E-state index in [4.69, 9.17) is 0 Å². The molecule has 8 atom stereocenters. The second-order valence-corrected chi connectivity index (χ2v) is 9.41. The lowest BCUT2D eigenvalue weighted by atomic mass is 9.47. The third-order valence-corrected chi connectivity index (χ3v) is 8.84. The van der Waals surface area contributed by atoms with Gasteiger partial charge in [-0.25, -0.2) is 0 Å². The predicted octanol–water partition coefficient (Wildman–Crippen LogP) is 2.72. The van der Waals surface area contributed by atoms with Crippen molar-refractivity contribution < 1.29 is 15.3 Å². The maximum absolute atomic E-state index is 10.8. The van der Waals surface area contributed by atoms with Crippen molar-refractivity contribution in [2.24, 2.45) is 34.5 Å². The Hall–Kier alpha value is -0.120. The van der Waals surface area contributed by atoms with Crippen LogP contribution in [-0.4, -0.2) is 33.6 Å². The van der Waals surface area contributed by atoms with Gasteiger partial charge in [-0.1, -0.05) is 13.8 Å². The van der Waals surface area contributed by atoms with Gasteiger partial charge in [0.1, 0.15) is 0 Å². The summed E-state index contributed by atoms with van der Waals surface area (Å²) < 4.78 is 0. The van der Waals surface area contributed by atoms with Gasteiger partial charge in [0.2, 0.25) is 0 Å². The standard InChI is InChI=1S/C19H32O3/c1-17-9-10-19(22,11-20)15(17)5-3-12-13-4-6-16(21)18(13,2)8-7-14(12)17/h12-16,20-22H,3-11H2,1-2H3/t12-,13-,14-,15+,16-,17+,18-,19-/m0/s1. The molecule has 22 heavy (non-hydrogen) atoms. The second kappa shape index (κ2) is 4.70. The van der Waals surface area contributed by atoms with Crippen LogP contribution in [0.3, 0.4) is 0 Å². The van der Waals surface area contributed by atoms with Gasteiger partial charge in [-0.3, -0.25) is 0 Å². The summed E-state index contributed by atoms with van der Waals surface area (Å²) in [6.45, 7) is 4.62. The first-order valence-electron chi connectivity index (χ1n) is 9.36. The average Bonchev–Trinajstić information content (AvgIpc) is 2.95. The van der Waals surface area contributed by atoms with Crippen LogP contribution in [0.5, 0.6) is 0 Å². The fourth-order valence-electron chi connectivity index (χ4n) is 7.52. The van der Waals surface area contributed by atoms with Gasteiger partial charge in [-0.15, -0.1) is 0 Å². The van der Waals surface area contributed by atoms with Gasteiger partial charge in [0.15, 0.2) is 0 Å². The topological polar surface area (TPSA) is 60.7 Å². The quantitative estimate of drug-likeness (QED) is 0.698. The maximum atomic E-state index is 10.8. The summed E-state index contributed by atoms with van der Waals surface area (Å²) in [7, 11) is 0. The van der Waals surface area contributed by atoms with Crippen LogP contribution in [0, 0.1) is 34.5 Å². The maximum Gasteiger partial charge on any atom is 0.0910 e. The van der Waals surface area contributed by atoms with Crippen molar-refractivity contribution in [1.82, 2.24) is 0 Å². The Labute approximate surface area is 134 Å². The number of rotatable bonds is 1. The lowest BCUT2D eigenvalue weighted by Crippen LogP contribution is -2.54. The van der Waals surface area contributed by atoms with E-state index in [-0.39, 0.29) is 29.5 Å². The number of fused-ring (bicyclic) bond motifs is 5. The molecular formula is C19H32O3. The molecule has 4 saturated carbocycles. The van der Waals surface area contributed by atoms with Crippen molar-refractivity contribution in [3.05, 3.63) is 0 Å². The van der Waals surface area contributed by atoms with E-state index in [2.05, 4.69) is 13.8 Å². The third kappa shape index (κ3) is 1.74. The Bertz CT molecular complexity index is 466. The van der Waals surface area contributed by atoms with Crippen LogP contribution in [0.2, 0.25) is 0 Å². The van der Waals surface area contributed by atoms with Gasteiger partial charge in [0.05, 0.1) is 18.3 Å². The van der Waals surface area contributed by atoms with Crippen LogP contribution in [0.15, 0.2) is 0 Å². The Morgan fingerprint density at radius 1 is 0.864 bits per heavy atom. The van der Waals surface area contributed by atoms with E-state index in [0.717, 1.165) is 38.0 Å². The molecule has 0 aliphatic heterocycles. The van der Waals surface area contributed by atoms with Crippen molar-refractivity contribution in [1.29, 1.82) is 0 Å². The molecule has 0 radical (unpaired) electrons. The molecule has 0 unspecified atom stereocenters. The van der Waals surface area contributed by atoms with Crippen LogP contribution >= 0.6 is 0 Å². The van der Waals surface area contributed by atoms with E-state index in [9.17, 15) is 15.3 Å². The van der Waals surface area contributed by atoms with Gasteiger partial charge >= 0.3 is 0 Å². The molecule has 0 heterocycles. The molecule has 3 N–H and O–H groups in total. The highest BCUT2D eigenvalue weighted by atomic mass is 16.3. The summed E-state index contributed by atoms with van der Waals surface area (Å²) in [6, 6.07) is 0. The van der Waals surface area contributed by atoms with E-state index in [0.29, 0.717) is 11.8 Å². The smallest absolute Gasteiger partial charge is 0.0910 e.